The lowest BCUT2D eigenvalue weighted by molar-refractivity contribution is 0.0718. The van der Waals surface area contributed by atoms with Crippen LogP contribution in [0.15, 0.2) is 42.5 Å². The number of hydrogen-bond donors (Lipinski definition) is 0. The monoisotopic (exact) mass is 358 g/mol. The molecule has 0 radical (unpaired) electrons. The standard InChI is InChI=1S/C20H20F2N2O2/c1-14-5-2-3-6-16(14)20(26)24-10-4-9-23(11-12-24)19(25)15-7-8-17(21)18(22)13-15/h2-3,5-8,13H,4,9-12H2,1H3. The van der Waals surface area contributed by atoms with Crippen LogP contribution in [0, 0.1) is 18.6 Å². The highest BCUT2D eigenvalue weighted by molar-refractivity contribution is 5.96. The van der Waals surface area contributed by atoms with Gasteiger partial charge in [0.05, 0.1) is 0 Å². The van der Waals surface area contributed by atoms with Crippen molar-refractivity contribution in [3.05, 3.63) is 70.8 Å². The molecule has 136 valence electrons. The zero-order valence-corrected chi connectivity index (χ0v) is 14.5. The lowest BCUT2D eigenvalue weighted by Crippen LogP contribution is -2.37. The Kier molecular flexibility index (Phi) is 5.30. The minimum Gasteiger partial charge on any atom is -0.337 e. The number of aryl methyl sites for hydroxylation is 1. The summed E-state index contributed by atoms with van der Waals surface area (Å²) in [5.74, 6) is -2.42. The summed E-state index contributed by atoms with van der Waals surface area (Å²) in [6.45, 7) is 3.67. The molecule has 4 nitrogen and oxygen atoms in total. The molecule has 26 heavy (non-hydrogen) atoms. The first kappa shape index (κ1) is 18.0. The van der Waals surface area contributed by atoms with E-state index in [4.69, 9.17) is 0 Å². The molecule has 0 unspecified atom stereocenters. The largest absolute Gasteiger partial charge is 0.337 e. The van der Waals surface area contributed by atoms with Crippen LogP contribution in [0.4, 0.5) is 8.78 Å². The van der Waals surface area contributed by atoms with Gasteiger partial charge in [-0.25, -0.2) is 8.78 Å². The van der Waals surface area contributed by atoms with Crippen molar-refractivity contribution in [3.8, 4) is 0 Å². The van der Waals surface area contributed by atoms with Gasteiger partial charge in [-0.15, -0.1) is 0 Å². The Morgan fingerprint density at radius 3 is 2.15 bits per heavy atom. The summed E-state index contributed by atoms with van der Waals surface area (Å²) in [5.41, 5.74) is 1.69. The van der Waals surface area contributed by atoms with Crippen LogP contribution in [0.3, 0.4) is 0 Å². The van der Waals surface area contributed by atoms with E-state index in [0.717, 1.165) is 17.7 Å². The maximum atomic E-state index is 13.4. The van der Waals surface area contributed by atoms with Gasteiger partial charge in [0, 0.05) is 37.3 Å². The van der Waals surface area contributed by atoms with E-state index < -0.39 is 11.6 Å². The second kappa shape index (κ2) is 7.64. The van der Waals surface area contributed by atoms with Gasteiger partial charge in [-0.1, -0.05) is 18.2 Å². The number of carbonyl (C=O) groups is 2. The zero-order chi connectivity index (χ0) is 18.7. The second-order valence-corrected chi connectivity index (χ2v) is 6.38. The fraction of sp³-hybridized carbons (Fsp3) is 0.300. The number of rotatable bonds is 2. The van der Waals surface area contributed by atoms with Gasteiger partial charge in [-0.2, -0.15) is 0 Å². The molecule has 3 rings (SSSR count). The molecule has 1 heterocycles. The van der Waals surface area contributed by atoms with Crippen LogP contribution in [0.5, 0.6) is 0 Å². The smallest absolute Gasteiger partial charge is 0.254 e. The summed E-state index contributed by atoms with van der Waals surface area (Å²) in [5, 5.41) is 0. The molecule has 6 heteroatoms. The molecule has 2 amide bonds. The van der Waals surface area contributed by atoms with Gasteiger partial charge in [0.15, 0.2) is 11.6 Å². The highest BCUT2D eigenvalue weighted by Crippen LogP contribution is 2.16. The minimum atomic E-state index is -1.04. The molecule has 0 bridgehead atoms. The van der Waals surface area contributed by atoms with E-state index in [-0.39, 0.29) is 17.4 Å². The van der Waals surface area contributed by atoms with Crippen LogP contribution < -0.4 is 0 Å². The van der Waals surface area contributed by atoms with Crippen molar-refractivity contribution >= 4 is 11.8 Å². The third-order valence-corrected chi connectivity index (χ3v) is 4.61. The minimum absolute atomic E-state index is 0.0507. The molecule has 0 spiro atoms. The van der Waals surface area contributed by atoms with Crippen LogP contribution in [-0.2, 0) is 0 Å². The molecule has 0 saturated carbocycles. The number of amides is 2. The van der Waals surface area contributed by atoms with Gasteiger partial charge in [0.2, 0.25) is 0 Å². The van der Waals surface area contributed by atoms with Gasteiger partial charge < -0.3 is 9.80 Å². The van der Waals surface area contributed by atoms with E-state index in [1.807, 2.05) is 25.1 Å². The van der Waals surface area contributed by atoms with Crippen LogP contribution in [0.1, 0.15) is 32.7 Å². The van der Waals surface area contributed by atoms with Crippen molar-refractivity contribution in [1.29, 1.82) is 0 Å². The summed E-state index contributed by atoms with van der Waals surface area (Å²) in [6.07, 6.45) is 0.632. The van der Waals surface area contributed by atoms with Gasteiger partial charge in [-0.05, 0) is 43.2 Å². The predicted molar refractivity (Wildman–Crippen MR) is 94.0 cm³/mol. The molecule has 0 aliphatic carbocycles. The summed E-state index contributed by atoms with van der Waals surface area (Å²) in [4.78, 5) is 28.6. The van der Waals surface area contributed by atoms with E-state index >= 15 is 0 Å². The average molecular weight is 358 g/mol. The average Bonchev–Trinajstić information content (AvgIpc) is 2.89. The van der Waals surface area contributed by atoms with Crippen molar-refractivity contribution in [3.63, 3.8) is 0 Å². The molecule has 1 aliphatic rings. The molecule has 0 N–H and O–H groups in total. The molecule has 2 aromatic rings. The van der Waals surface area contributed by atoms with E-state index in [1.165, 1.54) is 6.07 Å². The molecular formula is C20H20F2N2O2. The Morgan fingerprint density at radius 2 is 1.50 bits per heavy atom. The molecule has 1 saturated heterocycles. The maximum Gasteiger partial charge on any atom is 0.254 e. The van der Waals surface area contributed by atoms with Crippen molar-refractivity contribution in [2.24, 2.45) is 0 Å². The van der Waals surface area contributed by atoms with Gasteiger partial charge in [0.25, 0.3) is 11.8 Å². The highest BCUT2D eigenvalue weighted by atomic mass is 19.2. The lowest BCUT2D eigenvalue weighted by Gasteiger charge is -2.23. The van der Waals surface area contributed by atoms with Gasteiger partial charge >= 0.3 is 0 Å². The number of nitrogens with zero attached hydrogens (tertiary/aromatic N) is 2. The van der Waals surface area contributed by atoms with Gasteiger partial charge in [-0.3, -0.25) is 9.59 Å². The molecule has 1 aliphatic heterocycles. The Morgan fingerprint density at radius 1 is 0.846 bits per heavy atom. The number of carbonyl (C=O) groups excluding carboxylic acids is 2. The van der Waals surface area contributed by atoms with Crippen LogP contribution in [-0.4, -0.2) is 47.8 Å². The van der Waals surface area contributed by atoms with Crippen LogP contribution >= 0.6 is 0 Å². The number of benzene rings is 2. The quantitative estimate of drug-likeness (QED) is 0.827. The van der Waals surface area contributed by atoms with E-state index in [2.05, 4.69) is 0 Å². The third-order valence-electron chi connectivity index (χ3n) is 4.61. The summed E-state index contributed by atoms with van der Waals surface area (Å²) < 4.78 is 26.4. The molecule has 2 aromatic carbocycles. The second-order valence-electron chi connectivity index (χ2n) is 6.38. The van der Waals surface area contributed by atoms with Crippen molar-refractivity contribution in [2.75, 3.05) is 26.2 Å². The zero-order valence-electron chi connectivity index (χ0n) is 14.5. The Labute approximate surface area is 151 Å². The molecule has 0 atom stereocenters. The Balaban J connectivity index is 1.70. The SMILES string of the molecule is Cc1ccccc1C(=O)N1CCCN(C(=O)c2ccc(F)c(F)c2)CC1. The number of halogens is 2. The van der Waals surface area contributed by atoms with Gasteiger partial charge in [0.1, 0.15) is 0 Å². The van der Waals surface area contributed by atoms with Crippen molar-refractivity contribution in [1.82, 2.24) is 9.80 Å². The Hall–Kier alpha value is -2.76. The summed E-state index contributed by atoms with van der Waals surface area (Å²) in [6, 6.07) is 10.6. The van der Waals surface area contributed by atoms with Crippen molar-refractivity contribution < 1.29 is 18.4 Å². The fourth-order valence-electron chi connectivity index (χ4n) is 3.12. The summed E-state index contributed by atoms with van der Waals surface area (Å²) >= 11 is 0. The summed E-state index contributed by atoms with van der Waals surface area (Å²) in [7, 11) is 0. The topological polar surface area (TPSA) is 40.6 Å². The molecular weight excluding hydrogens is 338 g/mol. The highest BCUT2D eigenvalue weighted by Gasteiger charge is 2.24. The van der Waals surface area contributed by atoms with Crippen molar-refractivity contribution in [2.45, 2.75) is 13.3 Å². The molecule has 1 fully saturated rings. The van der Waals surface area contributed by atoms with Crippen LogP contribution in [0.25, 0.3) is 0 Å². The lowest BCUT2D eigenvalue weighted by atomic mass is 10.1. The maximum absolute atomic E-state index is 13.4. The first-order valence-corrected chi connectivity index (χ1v) is 8.56. The van der Waals surface area contributed by atoms with E-state index in [1.54, 1.807) is 15.9 Å². The van der Waals surface area contributed by atoms with E-state index in [0.29, 0.717) is 38.2 Å². The normalized spacial score (nSPS) is 14.9. The third kappa shape index (κ3) is 3.74. The predicted octanol–water partition coefficient (Wildman–Crippen LogP) is 3.26. The molecule has 0 aromatic heterocycles. The van der Waals surface area contributed by atoms with E-state index in [9.17, 15) is 18.4 Å². The first-order valence-electron chi connectivity index (χ1n) is 8.56. The number of hydrogen-bond acceptors (Lipinski definition) is 2. The fourth-order valence-corrected chi connectivity index (χ4v) is 3.12. The Bertz CT molecular complexity index is 838. The van der Waals surface area contributed by atoms with Crippen LogP contribution in [0.2, 0.25) is 0 Å². The first-order chi connectivity index (χ1) is 12.5.